The Bertz CT molecular complexity index is 566. The van der Waals surface area contributed by atoms with E-state index in [1.807, 2.05) is 48.4 Å². The molecule has 0 radical (unpaired) electrons. The quantitative estimate of drug-likeness (QED) is 0.805. The Morgan fingerprint density at radius 1 is 1.32 bits per heavy atom. The number of carbonyl (C=O) groups is 1. The van der Waals surface area contributed by atoms with Crippen LogP contribution < -0.4 is 0 Å². The number of aryl methyl sites for hydroxylation is 1. The van der Waals surface area contributed by atoms with Gasteiger partial charge in [-0.3, -0.25) is 4.79 Å². The number of hydrogen-bond acceptors (Lipinski definition) is 2. The third-order valence-electron chi connectivity index (χ3n) is 3.02. The molecule has 1 aromatic carbocycles. The SMILES string of the molecule is CCN(Cc1cccs1)C(=O)c1cccc(C)c1Br. The first-order chi connectivity index (χ1) is 9.13. The molecule has 0 bridgehead atoms. The summed E-state index contributed by atoms with van der Waals surface area (Å²) in [5.41, 5.74) is 1.82. The van der Waals surface area contributed by atoms with Crippen molar-refractivity contribution in [3.63, 3.8) is 0 Å². The number of halogens is 1. The van der Waals surface area contributed by atoms with E-state index in [4.69, 9.17) is 0 Å². The lowest BCUT2D eigenvalue weighted by Crippen LogP contribution is -2.30. The third-order valence-corrected chi connectivity index (χ3v) is 4.93. The van der Waals surface area contributed by atoms with Crippen LogP contribution in [0.4, 0.5) is 0 Å². The maximum atomic E-state index is 12.6. The average Bonchev–Trinajstić information content (AvgIpc) is 2.91. The first kappa shape index (κ1) is 14.3. The van der Waals surface area contributed by atoms with Gasteiger partial charge in [-0.15, -0.1) is 11.3 Å². The molecule has 0 saturated carbocycles. The van der Waals surface area contributed by atoms with Gasteiger partial charge in [-0.1, -0.05) is 18.2 Å². The van der Waals surface area contributed by atoms with E-state index in [2.05, 4.69) is 22.0 Å². The van der Waals surface area contributed by atoms with Gasteiger partial charge < -0.3 is 4.90 Å². The van der Waals surface area contributed by atoms with Crippen LogP contribution in [0.5, 0.6) is 0 Å². The van der Waals surface area contributed by atoms with E-state index in [0.717, 1.165) is 15.6 Å². The first-order valence-electron chi connectivity index (χ1n) is 6.20. The standard InChI is InChI=1S/C15H16BrNOS/c1-3-17(10-12-7-5-9-19-12)15(18)13-8-4-6-11(2)14(13)16/h4-9H,3,10H2,1-2H3. The minimum absolute atomic E-state index is 0.0754. The molecule has 2 aromatic rings. The Labute approximate surface area is 126 Å². The van der Waals surface area contributed by atoms with Gasteiger partial charge in [0.15, 0.2) is 0 Å². The first-order valence-corrected chi connectivity index (χ1v) is 7.87. The lowest BCUT2D eigenvalue weighted by molar-refractivity contribution is 0.0753. The predicted molar refractivity (Wildman–Crippen MR) is 83.6 cm³/mol. The van der Waals surface area contributed by atoms with Crippen LogP contribution in [0.15, 0.2) is 40.2 Å². The summed E-state index contributed by atoms with van der Waals surface area (Å²) in [5.74, 6) is 0.0754. The molecule has 4 heteroatoms. The molecule has 0 saturated heterocycles. The molecule has 19 heavy (non-hydrogen) atoms. The van der Waals surface area contributed by atoms with Gasteiger partial charge in [0.05, 0.1) is 12.1 Å². The van der Waals surface area contributed by atoms with Gasteiger partial charge in [-0.2, -0.15) is 0 Å². The molecule has 0 spiro atoms. The molecule has 1 aromatic heterocycles. The second-order valence-electron chi connectivity index (χ2n) is 4.34. The summed E-state index contributed by atoms with van der Waals surface area (Å²) in [7, 11) is 0. The molecule has 2 rings (SSSR count). The Kier molecular flexibility index (Phi) is 4.77. The molecule has 0 aliphatic heterocycles. The second kappa shape index (κ2) is 6.35. The zero-order valence-corrected chi connectivity index (χ0v) is 13.4. The van der Waals surface area contributed by atoms with Crippen molar-refractivity contribution in [2.45, 2.75) is 20.4 Å². The number of benzene rings is 1. The van der Waals surface area contributed by atoms with Crippen LogP contribution in [0, 0.1) is 6.92 Å². The largest absolute Gasteiger partial charge is 0.334 e. The van der Waals surface area contributed by atoms with Crippen LogP contribution >= 0.6 is 27.3 Å². The molecule has 0 aliphatic rings. The highest BCUT2D eigenvalue weighted by molar-refractivity contribution is 9.10. The zero-order valence-electron chi connectivity index (χ0n) is 11.0. The van der Waals surface area contributed by atoms with Gasteiger partial charge in [0.2, 0.25) is 0 Å². The molecule has 2 nitrogen and oxygen atoms in total. The normalized spacial score (nSPS) is 10.5. The molecule has 0 unspecified atom stereocenters. The van der Waals surface area contributed by atoms with Crippen molar-refractivity contribution >= 4 is 33.2 Å². The maximum absolute atomic E-state index is 12.6. The van der Waals surface area contributed by atoms with Crippen LogP contribution in [0.3, 0.4) is 0 Å². The lowest BCUT2D eigenvalue weighted by atomic mass is 10.1. The summed E-state index contributed by atoms with van der Waals surface area (Å²) in [4.78, 5) is 15.6. The number of hydrogen-bond donors (Lipinski definition) is 0. The minimum Gasteiger partial charge on any atom is -0.334 e. The molecule has 1 amide bonds. The van der Waals surface area contributed by atoms with Gasteiger partial charge in [-0.25, -0.2) is 0 Å². The highest BCUT2D eigenvalue weighted by Crippen LogP contribution is 2.23. The zero-order chi connectivity index (χ0) is 13.8. The summed E-state index contributed by atoms with van der Waals surface area (Å²) < 4.78 is 0.893. The smallest absolute Gasteiger partial charge is 0.255 e. The highest BCUT2D eigenvalue weighted by atomic mass is 79.9. The topological polar surface area (TPSA) is 20.3 Å². The van der Waals surface area contributed by atoms with Gasteiger partial charge in [0, 0.05) is 15.9 Å². The fourth-order valence-electron chi connectivity index (χ4n) is 1.90. The minimum atomic E-state index is 0.0754. The van der Waals surface area contributed by atoms with Gasteiger partial charge in [0.25, 0.3) is 5.91 Å². The van der Waals surface area contributed by atoms with Crippen molar-refractivity contribution in [1.82, 2.24) is 4.90 Å². The van der Waals surface area contributed by atoms with Crippen molar-refractivity contribution in [2.75, 3.05) is 6.54 Å². The molecular formula is C15H16BrNOS. The Balaban J connectivity index is 2.23. The number of carbonyl (C=O) groups excluding carboxylic acids is 1. The van der Waals surface area contributed by atoms with E-state index in [0.29, 0.717) is 13.1 Å². The van der Waals surface area contributed by atoms with Gasteiger partial charge >= 0.3 is 0 Å². The van der Waals surface area contributed by atoms with E-state index in [1.54, 1.807) is 11.3 Å². The summed E-state index contributed by atoms with van der Waals surface area (Å²) in [6.07, 6.45) is 0. The lowest BCUT2D eigenvalue weighted by Gasteiger charge is -2.21. The fourth-order valence-corrected chi connectivity index (χ4v) is 3.05. The summed E-state index contributed by atoms with van der Waals surface area (Å²) >= 11 is 5.19. The van der Waals surface area contributed by atoms with E-state index < -0.39 is 0 Å². The van der Waals surface area contributed by atoms with Gasteiger partial charge in [-0.05, 0) is 52.9 Å². The average molecular weight is 338 g/mol. The van der Waals surface area contributed by atoms with Crippen molar-refractivity contribution in [1.29, 1.82) is 0 Å². The fraction of sp³-hybridized carbons (Fsp3) is 0.267. The summed E-state index contributed by atoms with van der Waals surface area (Å²) in [5, 5.41) is 2.04. The summed E-state index contributed by atoms with van der Waals surface area (Å²) in [6, 6.07) is 9.87. The molecule has 1 heterocycles. The van der Waals surface area contributed by atoms with E-state index in [1.165, 1.54) is 4.88 Å². The van der Waals surface area contributed by atoms with E-state index >= 15 is 0 Å². The number of nitrogens with zero attached hydrogens (tertiary/aromatic N) is 1. The number of amides is 1. The maximum Gasteiger partial charge on any atom is 0.255 e. The van der Waals surface area contributed by atoms with Gasteiger partial charge in [0.1, 0.15) is 0 Å². The van der Waals surface area contributed by atoms with Crippen LogP contribution in [0.1, 0.15) is 27.7 Å². The monoisotopic (exact) mass is 337 g/mol. The second-order valence-corrected chi connectivity index (χ2v) is 6.16. The Morgan fingerprint density at radius 3 is 2.74 bits per heavy atom. The highest BCUT2D eigenvalue weighted by Gasteiger charge is 2.18. The van der Waals surface area contributed by atoms with Crippen LogP contribution in [0.2, 0.25) is 0 Å². The molecule has 100 valence electrons. The van der Waals surface area contributed by atoms with E-state index in [9.17, 15) is 4.79 Å². The molecule has 0 aliphatic carbocycles. The van der Waals surface area contributed by atoms with Crippen LogP contribution in [-0.4, -0.2) is 17.4 Å². The molecule has 0 N–H and O–H groups in total. The van der Waals surface area contributed by atoms with Crippen molar-refractivity contribution in [3.05, 3.63) is 56.2 Å². The molecule has 0 atom stereocenters. The summed E-state index contributed by atoms with van der Waals surface area (Å²) in [6.45, 7) is 5.39. The van der Waals surface area contributed by atoms with Crippen LogP contribution in [-0.2, 0) is 6.54 Å². The Hall–Kier alpha value is -1.13. The molecular weight excluding hydrogens is 322 g/mol. The number of thiophene rings is 1. The van der Waals surface area contributed by atoms with E-state index in [-0.39, 0.29) is 5.91 Å². The third kappa shape index (κ3) is 3.25. The predicted octanol–water partition coefficient (Wildman–Crippen LogP) is 4.48. The Morgan fingerprint density at radius 2 is 2.11 bits per heavy atom. The number of rotatable bonds is 4. The van der Waals surface area contributed by atoms with Crippen molar-refractivity contribution < 1.29 is 4.79 Å². The van der Waals surface area contributed by atoms with Crippen LogP contribution in [0.25, 0.3) is 0 Å². The van der Waals surface area contributed by atoms with Crippen molar-refractivity contribution in [2.24, 2.45) is 0 Å². The van der Waals surface area contributed by atoms with Crippen molar-refractivity contribution in [3.8, 4) is 0 Å². The molecule has 0 fully saturated rings.